The molecule has 0 unspecified atom stereocenters. The van der Waals surface area contributed by atoms with Crippen LogP contribution >= 0.6 is 0 Å². The topological polar surface area (TPSA) is 64.0 Å². The standard InChI is InChI=1S/C18H17N3O2/c1-12-7-9-14(10-8-12)20-17(22)13(2)21-11-19-16-6-4-3-5-15(16)18(21)23/h3-11,13H,1-2H3,(H,20,22)/t13-/m1/s1. The second-order valence-electron chi connectivity index (χ2n) is 5.51. The lowest BCUT2D eigenvalue weighted by Crippen LogP contribution is -2.31. The Morgan fingerprint density at radius 2 is 1.83 bits per heavy atom. The highest BCUT2D eigenvalue weighted by Crippen LogP contribution is 2.13. The number of benzene rings is 2. The molecule has 2 aromatic carbocycles. The molecule has 23 heavy (non-hydrogen) atoms. The fourth-order valence-electron chi connectivity index (χ4n) is 2.37. The molecule has 5 heteroatoms. The minimum absolute atomic E-state index is 0.220. The first kappa shape index (κ1) is 15.0. The van der Waals surface area contributed by atoms with Crippen molar-refractivity contribution >= 4 is 22.5 Å². The van der Waals surface area contributed by atoms with Crippen molar-refractivity contribution in [3.63, 3.8) is 0 Å². The van der Waals surface area contributed by atoms with Gasteiger partial charge in [-0.2, -0.15) is 0 Å². The van der Waals surface area contributed by atoms with Crippen LogP contribution < -0.4 is 10.9 Å². The number of amides is 1. The summed E-state index contributed by atoms with van der Waals surface area (Å²) >= 11 is 0. The highest BCUT2D eigenvalue weighted by atomic mass is 16.2. The van der Waals surface area contributed by atoms with Crippen LogP contribution in [0.2, 0.25) is 0 Å². The molecule has 116 valence electrons. The number of nitrogens with zero attached hydrogens (tertiary/aromatic N) is 2. The Bertz CT molecular complexity index is 913. The summed E-state index contributed by atoms with van der Waals surface area (Å²) in [6.45, 7) is 3.66. The lowest BCUT2D eigenvalue weighted by atomic mass is 10.2. The smallest absolute Gasteiger partial charge is 0.261 e. The molecule has 1 atom stereocenters. The number of nitrogens with one attached hydrogen (secondary N) is 1. The van der Waals surface area contributed by atoms with Gasteiger partial charge >= 0.3 is 0 Å². The largest absolute Gasteiger partial charge is 0.324 e. The lowest BCUT2D eigenvalue weighted by Gasteiger charge is -2.15. The number of hydrogen-bond donors (Lipinski definition) is 1. The average molecular weight is 307 g/mol. The summed E-state index contributed by atoms with van der Waals surface area (Å²) in [5.41, 5.74) is 2.22. The van der Waals surface area contributed by atoms with Crippen molar-refractivity contribution in [1.82, 2.24) is 9.55 Å². The number of aryl methyl sites for hydroxylation is 1. The van der Waals surface area contributed by atoms with E-state index in [1.165, 1.54) is 10.9 Å². The quantitative estimate of drug-likeness (QED) is 0.809. The summed E-state index contributed by atoms with van der Waals surface area (Å²) < 4.78 is 1.35. The van der Waals surface area contributed by atoms with Crippen molar-refractivity contribution in [2.45, 2.75) is 19.9 Å². The second-order valence-corrected chi connectivity index (χ2v) is 5.51. The van der Waals surface area contributed by atoms with Gasteiger partial charge in [0.2, 0.25) is 5.91 Å². The Morgan fingerprint density at radius 3 is 2.57 bits per heavy atom. The number of hydrogen-bond acceptors (Lipinski definition) is 3. The van der Waals surface area contributed by atoms with Crippen molar-refractivity contribution in [1.29, 1.82) is 0 Å². The van der Waals surface area contributed by atoms with E-state index in [0.717, 1.165) is 5.56 Å². The Hall–Kier alpha value is -2.95. The predicted octanol–water partition coefficient (Wildman–Crippen LogP) is 2.90. The van der Waals surface area contributed by atoms with Crippen molar-refractivity contribution in [3.8, 4) is 0 Å². The molecule has 0 saturated heterocycles. The summed E-state index contributed by atoms with van der Waals surface area (Å²) in [5, 5.41) is 3.32. The van der Waals surface area contributed by atoms with Crippen molar-refractivity contribution in [3.05, 3.63) is 70.8 Å². The molecule has 0 aliphatic carbocycles. The van der Waals surface area contributed by atoms with Crippen LogP contribution in [0, 0.1) is 6.92 Å². The summed E-state index contributed by atoms with van der Waals surface area (Å²) in [5.74, 6) is -0.256. The Balaban J connectivity index is 1.89. The maximum absolute atomic E-state index is 12.5. The van der Waals surface area contributed by atoms with E-state index in [1.807, 2.05) is 37.3 Å². The number of rotatable bonds is 3. The molecular formula is C18H17N3O2. The minimum Gasteiger partial charge on any atom is -0.324 e. The Kier molecular flexibility index (Phi) is 3.93. The average Bonchev–Trinajstić information content (AvgIpc) is 2.57. The van der Waals surface area contributed by atoms with Crippen molar-refractivity contribution in [2.24, 2.45) is 0 Å². The molecule has 1 N–H and O–H groups in total. The normalized spacial score (nSPS) is 12.1. The van der Waals surface area contributed by atoms with Gasteiger partial charge in [-0.1, -0.05) is 29.8 Å². The first-order valence-corrected chi connectivity index (χ1v) is 7.39. The maximum atomic E-state index is 12.5. The van der Waals surface area contributed by atoms with Crippen LogP contribution in [0.25, 0.3) is 10.9 Å². The van der Waals surface area contributed by atoms with E-state index < -0.39 is 6.04 Å². The number of fused-ring (bicyclic) bond motifs is 1. The molecule has 1 amide bonds. The summed E-state index contributed by atoms with van der Waals surface area (Å²) in [7, 11) is 0. The number of aromatic nitrogens is 2. The van der Waals surface area contributed by atoms with Crippen LogP contribution in [0.5, 0.6) is 0 Å². The summed E-state index contributed by atoms with van der Waals surface area (Å²) in [4.78, 5) is 29.1. The third kappa shape index (κ3) is 2.99. The first-order valence-electron chi connectivity index (χ1n) is 7.39. The third-order valence-corrected chi connectivity index (χ3v) is 3.81. The SMILES string of the molecule is Cc1ccc(NC(=O)[C@@H](C)n2cnc3ccccc3c2=O)cc1. The zero-order valence-corrected chi connectivity index (χ0v) is 13.0. The molecular weight excluding hydrogens is 290 g/mol. The van der Waals surface area contributed by atoms with E-state index in [4.69, 9.17) is 0 Å². The van der Waals surface area contributed by atoms with Gasteiger partial charge in [0.1, 0.15) is 6.04 Å². The lowest BCUT2D eigenvalue weighted by molar-refractivity contribution is -0.118. The molecule has 0 aliphatic rings. The predicted molar refractivity (Wildman–Crippen MR) is 90.5 cm³/mol. The second kappa shape index (κ2) is 6.04. The molecule has 0 saturated carbocycles. The molecule has 3 aromatic rings. The van der Waals surface area contributed by atoms with E-state index in [1.54, 1.807) is 25.1 Å². The van der Waals surface area contributed by atoms with Gasteiger partial charge in [-0.05, 0) is 38.1 Å². The van der Waals surface area contributed by atoms with E-state index in [-0.39, 0.29) is 11.5 Å². The van der Waals surface area contributed by atoms with Crippen LogP contribution in [-0.4, -0.2) is 15.5 Å². The van der Waals surface area contributed by atoms with Gasteiger partial charge in [0.15, 0.2) is 0 Å². The third-order valence-electron chi connectivity index (χ3n) is 3.81. The fraction of sp³-hybridized carbons (Fsp3) is 0.167. The first-order chi connectivity index (χ1) is 11.1. The number of carbonyl (C=O) groups is 1. The minimum atomic E-state index is -0.652. The van der Waals surface area contributed by atoms with Crippen LogP contribution in [0.15, 0.2) is 59.7 Å². The van der Waals surface area contributed by atoms with E-state index in [0.29, 0.717) is 16.6 Å². The molecule has 0 fully saturated rings. The van der Waals surface area contributed by atoms with Crippen LogP contribution in [0.1, 0.15) is 18.5 Å². The van der Waals surface area contributed by atoms with E-state index in [2.05, 4.69) is 10.3 Å². The zero-order chi connectivity index (χ0) is 16.4. The molecule has 0 bridgehead atoms. The van der Waals surface area contributed by atoms with E-state index >= 15 is 0 Å². The fourth-order valence-corrected chi connectivity index (χ4v) is 2.37. The highest BCUT2D eigenvalue weighted by molar-refractivity contribution is 5.93. The van der Waals surface area contributed by atoms with Gasteiger partial charge in [-0.15, -0.1) is 0 Å². The van der Waals surface area contributed by atoms with Gasteiger partial charge in [-0.25, -0.2) is 4.98 Å². The molecule has 0 spiro atoms. The van der Waals surface area contributed by atoms with Crippen molar-refractivity contribution in [2.75, 3.05) is 5.32 Å². The Labute approximate surface area is 133 Å². The van der Waals surface area contributed by atoms with Gasteiger partial charge < -0.3 is 5.32 Å². The molecule has 0 radical (unpaired) electrons. The number of anilines is 1. The van der Waals surface area contributed by atoms with Gasteiger partial charge in [0.25, 0.3) is 5.56 Å². The number of para-hydroxylation sites is 1. The molecule has 3 rings (SSSR count). The maximum Gasteiger partial charge on any atom is 0.261 e. The van der Waals surface area contributed by atoms with Gasteiger partial charge in [0.05, 0.1) is 17.2 Å². The van der Waals surface area contributed by atoms with Crippen molar-refractivity contribution < 1.29 is 4.79 Å². The highest BCUT2D eigenvalue weighted by Gasteiger charge is 2.17. The monoisotopic (exact) mass is 307 g/mol. The molecule has 1 heterocycles. The van der Waals surface area contributed by atoms with Gasteiger partial charge in [0, 0.05) is 5.69 Å². The van der Waals surface area contributed by atoms with E-state index in [9.17, 15) is 9.59 Å². The molecule has 5 nitrogen and oxygen atoms in total. The number of carbonyl (C=O) groups excluding carboxylic acids is 1. The summed E-state index contributed by atoms with van der Waals surface area (Å²) in [6, 6.07) is 14.0. The molecule has 0 aliphatic heterocycles. The zero-order valence-electron chi connectivity index (χ0n) is 13.0. The van der Waals surface area contributed by atoms with Crippen LogP contribution in [-0.2, 0) is 4.79 Å². The summed E-state index contributed by atoms with van der Waals surface area (Å²) in [6.07, 6.45) is 1.42. The molecule has 1 aromatic heterocycles. The Morgan fingerprint density at radius 1 is 1.13 bits per heavy atom. The van der Waals surface area contributed by atoms with Crippen LogP contribution in [0.4, 0.5) is 5.69 Å². The van der Waals surface area contributed by atoms with Gasteiger partial charge in [-0.3, -0.25) is 14.2 Å². The van der Waals surface area contributed by atoms with Crippen LogP contribution in [0.3, 0.4) is 0 Å².